The maximum atomic E-state index is 13.1. The molecule has 0 aliphatic carbocycles. The zero-order chi connectivity index (χ0) is 26.6. The van der Waals surface area contributed by atoms with E-state index in [1.807, 2.05) is 83.0 Å². The standard InChI is InChI=1S/C32H25N5OS/c33-28-15-14-26(31-13-6-16-39-31)19-29(28)34-32(38)27-12-5-11-25(18-27)30-21-37(36-35-30)20-22-7-4-10-24(17-22)23-8-2-1-3-9-23/h1-19,21H,20,33H2,(H,34,38). The molecule has 2 heterocycles. The van der Waals surface area contributed by atoms with Crippen molar-refractivity contribution in [3.63, 3.8) is 0 Å². The summed E-state index contributed by atoms with van der Waals surface area (Å²) in [4.78, 5) is 14.3. The predicted octanol–water partition coefficient (Wildman–Crippen LogP) is 7.22. The molecule has 39 heavy (non-hydrogen) atoms. The fourth-order valence-corrected chi connectivity index (χ4v) is 5.17. The molecule has 0 radical (unpaired) electrons. The van der Waals surface area contributed by atoms with E-state index in [1.54, 1.807) is 17.4 Å². The second-order valence-electron chi connectivity index (χ2n) is 9.18. The van der Waals surface area contributed by atoms with Crippen LogP contribution in [0.15, 0.2) is 121 Å². The Bertz CT molecular complexity index is 1740. The topological polar surface area (TPSA) is 85.8 Å². The summed E-state index contributed by atoms with van der Waals surface area (Å²) < 4.78 is 1.81. The number of nitrogens with two attached hydrogens (primary N) is 1. The zero-order valence-electron chi connectivity index (χ0n) is 21.0. The molecule has 0 saturated carbocycles. The van der Waals surface area contributed by atoms with E-state index in [-0.39, 0.29) is 5.91 Å². The summed E-state index contributed by atoms with van der Waals surface area (Å²) in [6.45, 7) is 0.591. The van der Waals surface area contributed by atoms with Gasteiger partial charge in [-0.1, -0.05) is 78.0 Å². The maximum absolute atomic E-state index is 13.1. The third kappa shape index (κ3) is 5.49. The number of amides is 1. The summed E-state index contributed by atoms with van der Waals surface area (Å²) in [5.41, 5.74) is 13.8. The molecule has 190 valence electrons. The Kier molecular flexibility index (Phi) is 6.72. The molecule has 0 unspecified atom stereocenters. The summed E-state index contributed by atoms with van der Waals surface area (Å²) in [5, 5.41) is 13.7. The van der Waals surface area contributed by atoms with E-state index in [1.165, 1.54) is 5.56 Å². The number of nitrogen functional groups attached to an aromatic ring is 1. The van der Waals surface area contributed by atoms with Crippen molar-refractivity contribution in [3.05, 3.63) is 132 Å². The lowest BCUT2D eigenvalue weighted by Gasteiger charge is -2.10. The van der Waals surface area contributed by atoms with Crippen LogP contribution >= 0.6 is 11.3 Å². The molecule has 0 atom stereocenters. The van der Waals surface area contributed by atoms with Crippen molar-refractivity contribution in [2.24, 2.45) is 0 Å². The number of rotatable bonds is 7. The molecule has 0 spiro atoms. The number of aromatic nitrogens is 3. The molecule has 0 fully saturated rings. The summed E-state index contributed by atoms with van der Waals surface area (Å²) >= 11 is 1.64. The first-order chi connectivity index (χ1) is 19.1. The van der Waals surface area contributed by atoms with Gasteiger partial charge in [0.05, 0.1) is 24.1 Å². The Hall–Kier alpha value is -5.01. The molecule has 3 N–H and O–H groups in total. The third-order valence-corrected chi connectivity index (χ3v) is 7.36. The average Bonchev–Trinajstić information content (AvgIpc) is 3.68. The van der Waals surface area contributed by atoms with Gasteiger partial charge in [-0.15, -0.1) is 16.4 Å². The summed E-state index contributed by atoms with van der Waals surface area (Å²) in [5.74, 6) is -0.239. The van der Waals surface area contributed by atoms with Gasteiger partial charge in [0.15, 0.2) is 0 Å². The first-order valence-electron chi connectivity index (χ1n) is 12.5. The molecule has 1 amide bonds. The van der Waals surface area contributed by atoms with Crippen molar-refractivity contribution in [2.75, 3.05) is 11.1 Å². The number of nitrogens with zero attached hydrogens (tertiary/aromatic N) is 3. The molecular formula is C32H25N5OS. The SMILES string of the molecule is Nc1ccc(-c2cccs2)cc1NC(=O)c1cccc(-c2cn(Cc3cccc(-c4ccccc4)c3)nn2)c1. The van der Waals surface area contributed by atoms with Crippen molar-refractivity contribution in [3.8, 4) is 32.8 Å². The van der Waals surface area contributed by atoms with E-state index in [0.29, 0.717) is 29.2 Å². The molecule has 0 aliphatic heterocycles. The Morgan fingerprint density at radius 3 is 2.46 bits per heavy atom. The fraction of sp³-hybridized carbons (Fsp3) is 0.0312. The van der Waals surface area contributed by atoms with Crippen molar-refractivity contribution < 1.29 is 4.79 Å². The second kappa shape index (κ2) is 10.8. The lowest BCUT2D eigenvalue weighted by Crippen LogP contribution is -2.13. The van der Waals surface area contributed by atoms with Gasteiger partial charge in [-0.2, -0.15) is 0 Å². The van der Waals surface area contributed by atoms with Crippen LogP contribution in [0.4, 0.5) is 11.4 Å². The van der Waals surface area contributed by atoms with Crippen LogP contribution in [0.1, 0.15) is 15.9 Å². The zero-order valence-corrected chi connectivity index (χ0v) is 21.8. The van der Waals surface area contributed by atoms with E-state index < -0.39 is 0 Å². The molecule has 0 bridgehead atoms. The molecule has 0 aliphatic rings. The van der Waals surface area contributed by atoms with Crippen LogP contribution in [0.2, 0.25) is 0 Å². The molecule has 0 saturated heterocycles. The summed E-state index contributed by atoms with van der Waals surface area (Å²) in [6.07, 6.45) is 1.90. The molecule has 2 aromatic heterocycles. The number of thiophene rings is 1. The minimum atomic E-state index is -0.239. The Balaban J connectivity index is 1.18. The van der Waals surface area contributed by atoms with Gasteiger partial charge in [0.25, 0.3) is 5.91 Å². The van der Waals surface area contributed by atoms with Crippen molar-refractivity contribution in [2.45, 2.75) is 6.54 Å². The molecule has 6 aromatic rings. The van der Waals surface area contributed by atoms with Crippen molar-refractivity contribution in [1.29, 1.82) is 0 Å². The third-order valence-electron chi connectivity index (χ3n) is 6.45. The molecule has 6 nitrogen and oxygen atoms in total. The van der Waals surface area contributed by atoms with E-state index in [4.69, 9.17) is 5.73 Å². The number of benzene rings is 4. The van der Waals surface area contributed by atoms with Gasteiger partial charge in [-0.05, 0) is 64.0 Å². The first-order valence-corrected chi connectivity index (χ1v) is 13.4. The predicted molar refractivity (Wildman–Crippen MR) is 159 cm³/mol. The van der Waals surface area contributed by atoms with Crippen LogP contribution in [0, 0.1) is 0 Å². The van der Waals surface area contributed by atoms with E-state index in [9.17, 15) is 4.79 Å². The molecule has 7 heteroatoms. The summed E-state index contributed by atoms with van der Waals surface area (Å²) in [6, 6.07) is 35.8. The number of hydrogen-bond donors (Lipinski definition) is 2. The number of carbonyl (C=O) groups excluding carboxylic acids is 1. The van der Waals surface area contributed by atoms with Gasteiger partial charge in [-0.3, -0.25) is 4.79 Å². The Morgan fingerprint density at radius 2 is 1.62 bits per heavy atom. The number of nitrogens with one attached hydrogen (secondary N) is 1. The van der Waals surface area contributed by atoms with Crippen LogP contribution in [-0.2, 0) is 6.54 Å². The van der Waals surface area contributed by atoms with E-state index in [0.717, 1.165) is 27.1 Å². The highest BCUT2D eigenvalue weighted by Crippen LogP contribution is 2.30. The number of hydrogen-bond acceptors (Lipinski definition) is 5. The molecule has 6 rings (SSSR count). The normalized spacial score (nSPS) is 10.9. The summed E-state index contributed by atoms with van der Waals surface area (Å²) in [7, 11) is 0. The second-order valence-corrected chi connectivity index (χ2v) is 10.1. The maximum Gasteiger partial charge on any atom is 0.255 e. The van der Waals surface area contributed by atoms with Gasteiger partial charge in [0.1, 0.15) is 5.69 Å². The van der Waals surface area contributed by atoms with Gasteiger partial charge in [0.2, 0.25) is 0 Å². The van der Waals surface area contributed by atoms with Crippen LogP contribution < -0.4 is 11.1 Å². The number of carbonyl (C=O) groups is 1. The minimum Gasteiger partial charge on any atom is -0.397 e. The Labute approximate surface area is 230 Å². The molecular weight excluding hydrogens is 502 g/mol. The fourth-order valence-electron chi connectivity index (χ4n) is 4.45. The van der Waals surface area contributed by atoms with Gasteiger partial charge in [-0.25, -0.2) is 4.68 Å². The highest BCUT2D eigenvalue weighted by molar-refractivity contribution is 7.13. The highest BCUT2D eigenvalue weighted by atomic mass is 32.1. The van der Waals surface area contributed by atoms with E-state index >= 15 is 0 Å². The lowest BCUT2D eigenvalue weighted by molar-refractivity contribution is 0.102. The quantitative estimate of drug-likeness (QED) is 0.215. The monoisotopic (exact) mass is 527 g/mol. The average molecular weight is 528 g/mol. The number of anilines is 2. The van der Waals surface area contributed by atoms with Gasteiger partial charge < -0.3 is 11.1 Å². The minimum absolute atomic E-state index is 0.239. The highest BCUT2D eigenvalue weighted by Gasteiger charge is 2.13. The lowest BCUT2D eigenvalue weighted by atomic mass is 10.0. The molecule has 4 aromatic carbocycles. The van der Waals surface area contributed by atoms with Crippen LogP contribution in [0.3, 0.4) is 0 Å². The van der Waals surface area contributed by atoms with Crippen molar-refractivity contribution >= 4 is 28.6 Å². The largest absolute Gasteiger partial charge is 0.397 e. The first kappa shape index (κ1) is 24.3. The van der Waals surface area contributed by atoms with Crippen LogP contribution in [-0.4, -0.2) is 20.9 Å². The van der Waals surface area contributed by atoms with Crippen LogP contribution in [0.5, 0.6) is 0 Å². The van der Waals surface area contributed by atoms with E-state index in [2.05, 4.69) is 52.0 Å². The van der Waals surface area contributed by atoms with Gasteiger partial charge >= 0.3 is 0 Å². The Morgan fingerprint density at radius 1 is 0.795 bits per heavy atom. The van der Waals surface area contributed by atoms with Crippen molar-refractivity contribution in [1.82, 2.24) is 15.0 Å². The smallest absolute Gasteiger partial charge is 0.255 e. The van der Waals surface area contributed by atoms with Crippen LogP contribution in [0.25, 0.3) is 32.8 Å². The van der Waals surface area contributed by atoms with Gasteiger partial charge in [0, 0.05) is 16.0 Å².